The topological polar surface area (TPSA) is 139 Å². The lowest BCUT2D eigenvalue weighted by Crippen LogP contribution is -2.54. The quantitative estimate of drug-likeness (QED) is 0.332. The normalized spacial score (nSPS) is 14.7. The van der Waals surface area contributed by atoms with Crippen LogP contribution in [0.1, 0.15) is 40.2 Å². The second kappa shape index (κ2) is 13.2. The molecule has 3 atom stereocenters. The summed E-state index contributed by atoms with van der Waals surface area (Å²) in [7, 11) is -2.46. The van der Waals surface area contributed by atoms with Crippen LogP contribution in [0.15, 0.2) is 59.5 Å². The molecule has 38 heavy (non-hydrogen) atoms. The summed E-state index contributed by atoms with van der Waals surface area (Å²) < 4.78 is 33.5. The second-order valence-corrected chi connectivity index (χ2v) is 12.5. The van der Waals surface area contributed by atoms with Gasteiger partial charge in [0.1, 0.15) is 5.75 Å². The first-order chi connectivity index (χ1) is 17.7. The van der Waals surface area contributed by atoms with Gasteiger partial charge < -0.3 is 20.9 Å². The van der Waals surface area contributed by atoms with E-state index in [1.807, 2.05) is 44.2 Å². The highest BCUT2D eigenvalue weighted by Gasteiger charge is 2.38. The molecule has 2 rings (SSSR count). The van der Waals surface area contributed by atoms with E-state index in [0.717, 1.165) is 5.56 Å². The molecule has 2 amide bonds. The number of nitrogens with two attached hydrogens (primary N) is 1. The fraction of sp³-hybridized carbons (Fsp3) is 0.500. The number of carbonyl (C=O) groups is 2. The minimum absolute atomic E-state index is 0.0197. The highest BCUT2D eigenvalue weighted by molar-refractivity contribution is 7.89. The molecule has 0 heterocycles. The molecule has 2 aromatic rings. The second-order valence-electron chi connectivity index (χ2n) is 10.6. The van der Waals surface area contributed by atoms with E-state index in [1.165, 1.54) is 23.5 Å². The van der Waals surface area contributed by atoms with Crippen LogP contribution in [-0.2, 0) is 26.0 Å². The van der Waals surface area contributed by atoms with Gasteiger partial charge in [0.15, 0.2) is 0 Å². The van der Waals surface area contributed by atoms with Crippen LogP contribution in [0.3, 0.4) is 0 Å². The van der Waals surface area contributed by atoms with Crippen molar-refractivity contribution in [2.45, 2.75) is 58.1 Å². The van der Waals surface area contributed by atoms with Gasteiger partial charge >= 0.3 is 0 Å². The summed E-state index contributed by atoms with van der Waals surface area (Å²) in [6, 6.07) is 14.5. The van der Waals surface area contributed by atoms with E-state index >= 15 is 0 Å². The third-order valence-electron chi connectivity index (χ3n) is 6.86. The number of nitrogens with zero attached hydrogens (tertiary/aromatic N) is 1. The van der Waals surface area contributed by atoms with Gasteiger partial charge in [-0.05, 0) is 42.2 Å². The van der Waals surface area contributed by atoms with E-state index in [1.54, 1.807) is 32.9 Å². The molecule has 0 bridgehead atoms. The van der Waals surface area contributed by atoms with Gasteiger partial charge in [0.25, 0.3) is 0 Å². The standard InChI is InChI=1S/C28H41N3O6S/c1-19(2)17-31(38(35,36)23-14-12-22(37-6)13-15-23)18-25(32)24(16-21-10-8-7-9-11-21)30-26(33)20(3)28(4,5)27(29)34/h7-15,19-20,24-25,32H,16-18H2,1-6H3,(H2,29,34)(H,30,33)/t20?,24-,25?/m0/s1. The van der Waals surface area contributed by atoms with Crippen molar-refractivity contribution in [3.63, 3.8) is 0 Å². The average molecular weight is 548 g/mol. The molecule has 0 aliphatic heterocycles. The molecule has 0 aromatic heterocycles. The van der Waals surface area contributed by atoms with Crippen LogP contribution in [0.5, 0.6) is 5.75 Å². The molecule has 0 aliphatic carbocycles. The molecular weight excluding hydrogens is 506 g/mol. The van der Waals surface area contributed by atoms with Crippen molar-refractivity contribution in [1.29, 1.82) is 0 Å². The van der Waals surface area contributed by atoms with Crippen LogP contribution in [0.4, 0.5) is 0 Å². The van der Waals surface area contributed by atoms with Crippen LogP contribution >= 0.6 is 0 Å². The Hall–Kier alpha value is -2.95. The number of rotatable bonds is 14. The maximum Gasteiger partial charge on any atom is 0.243 e. The number of amides is 2. The number of hydrogen-bond donors (Lipinski definition) is 3. The van der Waals surface area contributed by atoms with Crippen LogP contribution in [0.25, 0.3) is 0 Å². The maximum absolute atomic E-state index is 13.6. The van der Waals surface area contributed by atoms with Crippen molar-refractivity contribution < 1.29 is 27.9 Å². The third kappa shape index (κ3) is 8.02. The average Bonchev–Trinajstić information content (AvgIpc) is 2.87. The Bertz CT molecular complexity index is 1170. The number of hydrogen-bond acceptors (Lipinski definition) is 6. The van der Waals surface area contributed by atoms with Crippen molar-refractivity contribution in [1.82, 2.24) is 9.62 Å². The summed E-state index contributed by atoms with van der Waals surface area (Å²) in [6.07, 6.45) is -0.981. The summed E-state index contributed by atoms with van der Waals surface area (Å²) >= 11 is 0. The molecule has 0 aliphatic rings. The molecule has 10 heteroatoms. The zero-order chi connectivity index (χ0) is 28.7. The number of aliphatic hydroxyl groups excluding tert-OH is 1. The minimum Gasteiger partial charge on any atom is -0.497 e. The monoisotopic (exact) mass is 547 g/mol. The first kappa shape index (κ1) is 31.3. The number of ether oxygens (including phenoxy) is 1. The fourth-order valence-electron chi connectivity index (χ4n) is 3.91. The molecule has 0 fully saturated rings. The van der Waals surface area contributed by atoms with Gasteiger partial charge in [-0.1, -0.05) is 65.0 Å². The molecule has 2 unspecified atom stereocenters. The minimum atomic E-state index is -3.96. The molecule has 210 valence electrons. The highest BCUT2D eigenvalue weighted by Crippen LogP contribution is 2.27. The predicted molar refractivity (Wildman–Crippen MR) is 147 cm³/mol. The summed E-state index contributed by atoms with van der Waals surface area (Å²) in [4.78, 5) is 25.2. The van der Waals surface area contributed by atoms with Crippen LogP contribution < -0.4 is 15.8 Å². The van der Waals surface area contributed by atoms with Gasteiger partial charge in [-0.15, -0.1) is 0 Å². The van der Waals surface area contributed by atoms with Crippen molar-refractivity contribution in [2.24, 2.45) is 23.0 Å². The maximum atomic E-state index is 13.6. The summed E-state index contributed by atoms with van der Waals surface area (Å²) in [5, 5.41) is 14.2. The van der Waals surface area contributed by atoms with Gasteiger partial charge in [-0.3, -0.25) is 9.59 Å². The van der Waals surface area contributed by atoms with E-state index in [2.05, 4.69) is 5.32 Å². The summed E-state index contributed by atoms with van der Waals surface area (Å²) in [5.41, 5.74) is 5.24. The molecule has 0 saturated carbocycles. The molecule has 0 radical (unpaired) electrons. The van der Waals surface area contributed by atoms with Crippen molar-refractivity contribution >= 4 is 21.8 Å². The van der Waals surface area contributed by atoms with Gasteiger partial charge in [-0.2, -0.15) is 4.31 Å². The van der Waals surface area contributed by atoms with E-state index < -0.39 is 45.3 Å². The number of carbonyl (C=O) groups excluding carboxylic acids is 2. The van der Waals surface area contributed by atoms with Gasteiger partial charge in [0, 0.05) is 19.0 Å². The fourth-order valence-corrected chi connectivity index (χ4v) is 5.53. The Morgan fingerprint density at radius 1 is 1.03 bits per heavy atom. The highest BCUT2D eigenvalue weighted by atomic mass is 32.2. The Kier molecular flexibility index (Phi) is 10.9. The Morgan fingerprint density at radius 3 is 2.11 bits per heavy atom. The predicted octanol–water partition coefficient (Wildman–Crippen LogP) is 2.58. The van der Waals surface area contributed by atoms with Crippen molar-refractivity contribution in [2.75, 3.05) is 20.2 Å². The molecular formula is C28H41N3O6S. The number of nitrogens with one attached hydrogen (secondary N) is 1. The third-order valence-corrected chi connectivity index (χ3v) is 8.70. The number of sulfonamides is 1. The van der Waals surface area contributed by atoms with Gasteiger partial charge in [-0.25, -0.2) is 8.42 Å². The Morgan fingerprint density at radius 2 is 1.61 bits per heavy atom. The molecule has 0 spiro atoms. The van der Waals surface area contributed by atoms with Crippen LogP contribution in [0, 0.1) is 17.3 Å². The smallest absolute Gasteiger partial charge is 0.243 e. The van der Waals surface area contributed by atoms with Gasteiger partial charge in [0.05, 0.1) is 29.6 Å². The summed E-state index contributed by atoms with van der Waals surface area (Å²) in [5.74, 6) is -1.34. The molecule has 2 aromatic carbocycles. The van der Waals surface area contributed by atoms with E-state index in [4.69, 9.17) is 10.5 Å². The van der Waals surface area contributed by atoms with Crippen molar-refractivity contribution in [3.8, 4) is 5.75 Å². The van der Waals surface area contributed by atoms with Crippen LogP contribution in [0.2, 0.25) is 0 Å². The number of aliphatic hydroxyl groups is 1. The lowest BCUT2D eigenvalue weighted by molar-refractivity contribution is -0.138. The SMILES string of the molecule is COc1ccc(S(=O)(=O)N(CC(C)C)CC(O)[C@H](Cc2ccccc2)NC(=O)C(C)C(C)(C)C(N)=O)cc1. The Labute approximate surface area is 226 Å². The van der Waals surface area contributed by atoms with E-state index in [-0.39, 0.29) is 30.3 Å². The lowest BCUT2D eigenvalue weighted by atomic mass is 9.78. The largest absolute Gasteiger partial charge is 0.497 e. The number of primary amides is 1. The number of methoxy groups -OCH3 is 1. The molecule has 9 nitrogen and oxygen atoms in total. The van der Waals surface area contributed by atoms with Crippen molar-refractivity contribution in [3.05, 3.63) is 60.2 Å². The van der Waals surface area contributed by atoms with Gasteiger partial charge in [0.2, 0.25) is 21.8 Å². The first-order valence-corrected chi connectivity index (χ1v) is 14.1. The van der Waals surface area contributed by atoms with E-state index in [9.17, 15) is 23.1 Å². The zero-order valence-corrected chi connectivity index (χ0v) is 23.9. The lowest BCUT2D eigenvalue weighted by Gasteiger charge is -2.33. The molecule has 0 saturated heterocycles. The molecule has 4 N–H and O–H groups in total. The summed E-state index contributed by atoms with van der Waals surface area (Å²) in [6.45, 7) is 8.49. The zero-order valence-electron chi connectivity index (χ0n) is 23.0. The number of benzene rings is 2. The van der Waals surface area contributed by atoms with E-state index in [0.29, 0.717) is 5.75 Å². The first-order valence-electron chi connectivity index (χ1n) is 12.7. The Balaban J connectivity index is 2.37. The van der Waals surface area contributed by atoms with Crippen LogP contribution in [-0.4, -0.2) is 62.0 Å².